The van der Waals surface area contributed by atoms with Gasteiger partial charge in [0.2, 0.25) is 11.8 Å². The van der Waals surface area contributed by atoms with Crippen molar-refractivity contribution in [2.75, 3.05) is 0 Å². The number of nitrogens with one attached hydrogen (secondary N) is 1. The molecule has 2 atom stereocenters. The van der Waals surface area contributed by atoms with Crippen LogP contribution < -0.4 is 11.1 Å². The molecule has 2 amide bonds. The third-order valence-corrected chi connectivity index (χ3v) is 5.33. The van der Waals surface area contributed by atoms with E-state index in [9.17, 15) is 9.59 Å². The number of imide groups is 1. The highest BCUT2D eigenvalue weighted by molar-refractivity contribution is 5.97. The fraction of sp³-hybridized carbons (Fsp3) is 0.909. The van der Waals surface area contributed by atoms with Gasteiger partial charge in [0.25, 0.3) is 0 Å². The van der Waals surface area contributed by atoms with E-state index in [-0.39, 0.29) is 17.7 Å². The molecule has 0 radical (unpaired) electrons. The van der Waals surface area contributed by atoms with Crippen LogP contribution in [-0.2, 0) is 9.59 Å². The van der Waals surface area contributed by atoms with E-state index < -0.39 is 6.04 Å². The van der Waals surface area contributed by atoms with E-state index in [1.165, 1.54) is 70.6 Å². The molecular formula is C22H44N2O2. The molecule has 0 aromatic carbocycles. The van der Waals surface area contributed by atoms with Crippen LogP contribution in [-0.4, -0.2) is 17.9 Å². The SMILES string of the molecule is CCCCCCCCCCCCCCCC(=O)NC(=O)[C@@H](N)[C@@H](C)CC. The molecule has 0 unspecified atom stereocenters. The van der Waals surface area contributed by atoms with Crippen LogP contribution in [0.4, 0.5) is 0 Å². The lowest BCUT2D eigenvalue weighted by atomic mass is 9.99. The monoisotopic (exact) mass is 368 g/mol. The standard InChI is InChI=1S/C22H44N2O2/c1-4-6-7-8-9-10-11-12-13-14-15-16-17-18-20(25)24-22(26)21(23)19(3)5-2/h19,21H,4-18,23H2,1-3H3,(H,24,25,26)/t19-,21-/m0/s1. The van der Waals surface area contributed by atoms with Gasteiger partial charge in [-0.2, -0.15) is 0 Å². The lowest BCUT2D eigenvalue weighted by molar-refractivity contribution is -0.131. The predicted octanol–water partition coefficient (Wildman–Crippen LogP) is 5.48. The van der Waals surface area contributed by atoms with Gasteiger partial charge in [-0.25, -0.2) is 0 Å². The molecule has 0 aliphatic heterocycles. The first kappa shape index (κ1) is 25.1. The maximum Gasteiger partial charge on any atom is 0.243 e. The topological polar surface area (TPSA) is 72.2 Å². The first-order chi connectivity index (χ1) is 12.5. The highest BCUT2D eigenvalue weighted by Crippen LogP contribution is 2.13. The minimum Gasteiger partial charge on any atom is -0.320 e. The highest BCUT2D eigenvalue weighted by atomic mass is 16.2. The molecule has 0 saturated carbocycles. The van der Waals surface area contributed by atoms with Crippen molar-refractivity contribution in [3.8, 4) is 0 Å². The van der Waals surface area contributed by atoms with Gasteiger partial charge in [0, 0.05) is 6.42 Å². The van der Waals surface area contributed by atoms with Crippen LogP contribution in [0.25, 0.3) is 0 Å². The van der Waals surface area contributed by atoms with Gasteiger partial charge in [0.1, 0.15) is 0 Å². The van der Waals surface area contributed by atoms with Crippen molar-refractivity contribution in [1.82, 2.24) is 5.32 Å². The van der Waals surface area contributed by atoms with Gasteiger partial charge in [-0.1, -0.05) is 104 Å². The van der Waals surface area contributed by atoms with E-state index in [1.807, 2.05) is 13.8 Å². The molecule has 0 saturated heterocycles. The van der Waals surface area contributed by atoms with Gasteiger partial charge < -0.3 is 5.73 Å². The summed E-state index contributed by atoms with van der Waals surface area (Å²) in [4.78, 5) is 23.6. The zero-order chi connectivity index (χ0) is 19.6. The van der Waals surface area contributed by atoms with Crippen molar-refractivity contribution < 1.29 is 9.59 Å². The molecule has 26 heavy (non-hydrogen) atoms. The minimum absolute atomic E-state index is 0.0964. The maximum absolute atomic E-state index is 11.8. The quantitative estimate of drug-likeness (QED) is 0.334. The first-order valence-electron chi connectivity index (χ1n) is 11.1. The van der Waals surface area contributed by atoms with Crippen molar-refractivity contribution in [3.63, 3.8) is 0 Å². The minimum atomic E-state index is -0.587. The average molecular weight is 369 g/mol. The number of nitrogens with two attached hydrogens (primary N) is 1. The average Bonchev–Trinajstić information content (AvgIpc) is 2.64. The van der Waals surface area contributed by atoms with E-state index in [1.54, 1.807) is 0 Å². The number of carbonyl (C=O) groups excluding carboxylic acids is 2. The number of unbranched alkanes of at least 4 members (excludes halogenated alkanes) is 12. The molecule has 154 valence electrons. The zero-order valence-corrected chi connectivity index (χ0v) is 17.7. The maximum atomic E-state index is 11.8. The Morgan fingerprint density at radius 3 is 1.62 bits per heavy atom. The number of carbonyl (C=O) groups is 2. The van der Waals surface area contributed by atoms with Crippen molar-refractivity contribution in [2.24, 2.45) is 11.7 Å². The summed E-state index contributed by atoms with van der Waals surface area (Å²) in [6, 6.07) is -0.587. The van der Waals surface area contributed by atoms with Gasteiger partial charge in [-0.05, 0) is 12.3 Å². The van der Waals surface area contributed by atoms with Crippen LogP contribution in [0.3, 0.4) is 0 Å². The first-order valence-corrected chi connectivity index (χ1v) is 11.1. The molecule has 0 bridgehead atoms. The number of amides is 2. The van der Waals surface area contributed by atoms with Crippen LogP contribution in [0.2, 0.25) is 0 Å². The van der Waals surface area contributed by atoms with E-state index in [0.717, 1.165) is 19.3 Å². The van der Waals surface area contributed by atoms with Gasteiger partial charge in [-0.3, -0.25) is 14.9 Å². The predicted molar refractivity (Wildman–Crippen MR) is 111 cm³/mol. The van der Waals surface area contributed by atoms with Gasteiger partial charge in [0.05, 0.1) is 6.04 Å². The highest BCUT2D eigenvalue weighted by Gasteiger charge is 2.20. The summed E-state index contributed by atoms with van der Waals surface area (Å²) in [5.74, 6) is -0.421. The Hall–Kier alpha value is -0.900. The van der Waals surface area contributed by atoms with Crippen LogP contribution in [0.5, 0.6) is 0 Å². The molecule has 0 rings (SSSR count). The van der Waals surface area contributed by atoms with Crippen molar-refractivity contribution >= 4 is 11.8 Å². The molecule has 0 heterocycles. The Morgan fingerprint density at radius 2 is 1.19 bits per heavy atom. The molecule has 0 aliphatic rings. The molecular weight excluding hydrogens is 324 g/mol. The number of hydrogen-bond donors (Lipinski definition) is 2. The largest absolute Gasteiger partial charge is 0.320 e. The van der Waals surface area contributed by atoms with Gasteiger partial charge in [0.15, 0.2) is 0 Å². The molecule has 0 spiro atoms. The molecule has 0 aromatic heterocycles. The third-order valence-electron chi connectivity index (χ3n) is 5.33. The summed E-state index contributed by atoms with van der Waals surface area (Å²) >= 11 is 0. The third kappa shape index (κ3) is 14.3. The Bertz CT molecular complexity index is 358. The Morgan fingerprint density at radius 1 is 0.769 bits per heavy atom. The van der Waals surface area contributed by atoms with Crippen LogP contribution >= 0.6 is 0 Å². The van der Waals surface area contributed by atoms with Crippen molar-refractivity contribution in [3.05, 3.63) is 0 Å². The summed E-state index contributed by atoms with van der Waals surface area (Å²) in [5.41, 5.74) is 5.83. The smallest absolute Gasteiger partial charge is 0.243 e. The van der Waals surface area contributed by atoms with Crippen molar-refractivity contribution in [1.29, 1.82) is 0 Å². The van der Waals surface area contributed by atoms with Gasteiger partial charge in [-0.15, -0.1) is 0 Å². The lowest BCUT2D eigenvalue weighted by Gasteiger charge is -2.16. The Kier molecular flexibility index (Phi) is 16.9. The fourth-order valence-corrected chi connectivity index (χ4v) is 3.10. The second kappa shape index (κ2) is 17.5. The zero-order valence-electron chi connectivity index (χ0n) is 17.7. The summed E-state index contributed by atoms with van der Waals surface area (Å²) in [6.07, 6.45) is 17.9. The molecule has 3 N–H and O–H groups in total. The Balaban J connectivity index is 3.42. The van der Waals surface area contributed by atoms with Crippen LogP contribution in [0.1, 0.15) is 117 Å². The molecule has 0 aromatic rings. The summed E-state index contributed by atoms with van der Waals surface area (Å²) in [7, 11) is 0. The molecule has 0 fully saturated rings. The van der Waals surface area contributed by atoms with E-state index in [4.69, 9.17) is 5.73 Å². The normalized spacial score (nSPS) is 13.4. The number of rotatable bonds is 17. The van der Waals surface area contributed by atoms with Crippen molar-refractivity contribution in [2.45, 2.75) is 123 Å². The van der Waals surface area contributed by atoms with Gasteiger partial charge >= 0.3 is 0 Å². The number of hydrogen-bond acceptors (Lipinski definition) is 3. The lowest BCUT2D eigenvalue weighted by Crippen LogP contribution is -2.46. The molecule has 4 nitrogen and oxygen atoms in total. The summed E-state index contributed by atoms with van der Waals surface area (Å²) in [5, 5.41) is 2.44. The second-order valence-corrected chi connectivity index (χ2v) is 7.82. The molecule has 4 heteroatoms. The summed E-state index contributed by atoms with van der Waals surface area (Å²) in [6.45, 7) is 6.18. The summed E-state index contributed by atoms with van der Waals surface area (Å²) < 4.78 is 0. The van der Waals surface area contributed by atoms with E-state index >= 15 is 0 Å². The van der Waals surface area contributed by atoms with E-state index in [0.29, 0.717) is 6.42 Å². The van der Waals surface area contributed by atoms with Crippen LogP contribution in [0.15, 0.2) is 0 Å². The second-order valence-electron chi connectivity index (χ2n) is 7.82. The Labute approximate surface area is 162 Å². The van der Waals surface area contributed by atoms with Crippen LogP contribution in [0, 0.1) is 5.92 Å². The van der Waals surface area contributed by atoms with E-state index in [2.05, 4.69) is 12.2 Å². The fourth-order valence-electron chi connectivity index (χ4n) is 3.10. The molecule has 0 aliphatic carbocycles.